The number of aromatic amines is 1. The number of carbonyl (C=O) groups is 3. The summed E-state index contributed by atoms with van der Waals surface area (Å²) in [5.74, 6) is 0.262. The highest BCUT2D eigenvalue weighted by Crippen LogP contribution is 2.36. The average molecular weight is 418 g/mol. The lowest BCUT2D eigenvalue weighted by molar-refractivity contribution is -0.140. The predicted octanol–water partition coefficient (Wildman–Crippen LogP) is 2.72. The Bertz CT molecular complexity index is 1080. The third kappa shape index (κ3) is 4.35. The molecule has 1 aliphatic heterocycles. The number of hydrogen-bond donors (Lipinski definition) is 2. The van der Waals surface area contributed by atoms with Crippen molar-refractivity contribution in [3.63, 3.8) is 0 Å². The fourth-order valence-electron chi connectivity index (χ4n) is 4.05. The van der Waals surface area contributed by atoms with E-state index in [1.807, 2.05) is 54.6 Å². The molecule has 1 unspecified atom stereocenters. The van der Waals surface area contributed by atoms with Gasteiger partial charge in [-0.1, -0.05) is 42.5 Å². The highest BCUT2D eigenvalue weighted by atomic mass is 16.2. The summed E-state index contributed by atoms with van der Waals surface area (Å²) in [4.78, 5) is 46.6. The highest BCUT2D eigenvalue weighted by Gasteiger charge is 2.49. The summed E-state index contributed by atoms with van der Waals surface area (Å²) >= 11 is 0. The van der Waals surface area contributed by atoms with Crippen LogP contribution < -0.4 is 5.32 Å². The summed E-state index contributed by atoms with van der Waals surface area (Å²) in [6, 6.07) is 17.2. The highest BCUT2D eigenvalue weighted by molar-refractivity contribution is 6.09. The molecular formula is C24H26N4O3. The number of nitrogens with one attached hydrogen (secondary N) is 2. The van der Waals surface area contributed by atoms with E-state index in [9.17, 15) is 14.4 Å². The van der Waals surface area contributed by atoms with Gasteiger partial charge in [0.2, 0.25) is 17.7 Å². The molecule has 2 aromatic carbocycles. The lowest BCUT2D eigenvalue weighted by Gasteiger charge is -2.22. The zero-order valence-electron chi connectivity index (χ0n) is 17.6. The number of benzene rings is 2. The van der Waals surface area contributed by atoms with Crippen molar-refractivity contribution in [2.24, 2.45) is 0 Å². The fraction of sp³-hybridized carbons (Fsp3) is 0.333. The van der Waals surface area contributed by atoms with Crippen molar-refractivity contribution in [2.45, 2.75) is 38.0 Å². The second-order valence-electron chi connectivity index (χ2n) is 8.13. The average Bonchev–Trinajstić information content (AvgIpc) is 3.29. The minimum atomic E-state index is -0.860. The second-order valence-corrected chi connectivity index (χ2v) is 8.13. The van der Waals surface area contributed by atoms with Gasteiger partial charge in [0, 0.05) is 32.4 Å². The maximum atomic E-state index is 12.9. The van der Waals surface area contributed by atoms with Gasteiger partial charge in [0.05, 0.1) is 16.4 Å². The number of para-hydroxylation sites is 2. The van der Waals surface area contributed by atoms with E-state index >= 15 is 0 Å². The molecular weight excluding hydrogens is 392 g/mol. The molecule has 2 N–H and O–H groups in total. The molecule has 3 amide bonds. The van der Waals surface area contributed by atoms with Crippen molar-refractivity contribution in [3.8, 4) is 0 Å². The minimum Gasteiger partial charge on any atom is -0.356 e. The molecule has 31 heavy (non-hydrogen) atoms. The third-order valence-electron chi connectivity index (χ3n) is 5.85. The van der Waals surface area contributed by atoms with E-state index in [4.69, 9.17) is 0 Å². The molecule has 0 radical (unpaired) electrons. The molecule has 0 spiro atoms. The predicted molar refractivity (Wildman–Crippen MR) is 117 cm³/mol. The first kappa shape index (κ1) is 20.8. The molecule has 3 aromatic rings. The molecule has 0 bridgehead atoms. The molecule has 7 heteroatoms. The molecule has 1 atom stereocenters. The van der Waals surface area contributed by atoms with Crippen LogP contribution in [0.25, 0.3) is 11.0 Å². The maximum absolute atomic E-state index is 12.9. The summed E-state index contributed by atoms with van der Waals surface area (Å²) in [5, 5.41) is 2.86. The van der Waals surface area contributed by atoms with Crippen molar-refractivity contribution in [2.75, 3.05) is 13.1 Å². The van der Waals surface area contributed by atoms with Crippen LogP contribution in [0.15, 0.2) is 54.6 Å². The summed E-state index contributed by atoms with van der Waals surface area (Å²) in [5.41, 5.74) is 1.90. The van der Waals surface area contributed by atoms with Crippen LogP contribution in [-0.4, -0.2) is 45.7 Å². The van der Waals surface area contributed by atoms with Gasteiger partial charge in [0.15, 0.2) is 0 Å². The van der Waals surface area contributed by atoms with E-state index in [1.165, 1.54) is 4.90 Å². The van der Waals surface area contributed by atoms with Crippen molar-refractivity contribution in [1.29, 1.82) is 0 Å². The number of carbonyl (C=O) groups excluding carboxylic acids is 3. The number of fused-ring (bicyclic) bond motifs is 1. The van der Waals surface area contributed by atoms with Crippen LogP contribution in [0.2, 0.25) is 0 Å². The smallest absolute Gasteiger partial charge is 0.240 e. The van der Waals surface area contributed by atoms with Gasteiger partial charge < -0.3 is 10.3 Å². The van der Waals surface area contributed by atoms with Crippen molar-refractivity contribution in [1.82, 2.24) is 20.2 Å². The monoisotopic (exact) mass is 418 g/mol. The number of likely N-dealkylation sites (tertiary alicyclic amines) is 1. The van der Waals surface area contributed by atoms with Crippen molar-refractivity contribution in [3.05, 3.63) is 66.0 Å². The zero-order valence-corrected chi connectivity index (χ0v) is 17.6. The molecule has 1 fully saturated rings. The van der Waals surface area contributed by atoms with E-state index < -0.39 is 5.41 Å². The van der Waals surface area contributed by atoms with Crippen LogP contribution in [0.5, 0.6) is 0 Å². The van der Waals surface area contributed by atoms with Crippen molar-refractivity contribution < 1.29 is 14.4 Å². The topological polar surface area (TPSA) is 95.2 Å². The SMILES string of the molecule is CC1(c2ccccc2)CC(=O)N(CCC(=O)NCCCc2nc3ccccc3[nH]2)C1=O. The lowest BCUT2D eigenvalue weighted by Crippen LogP contribution is -2.39. The van der Waals surface area contributed by atoms with E-state index in [0.29, 0.717) is 6.54 Å². The number of aryl methyl sites for hydroxylation is 1. The summed E-state index contributed by atoms with van der Waals surface area (Å²) < 4.78 is 0. The number of rotatable bonds is 8. The molecule has 1 aromatic heterocycles. The number of imide groups is 1. The Balaban J connectivity index is 1.23. The number of H-pyrrole nitrogens is 1. The molecule has 0 saturated carbocycles. The van der Waals surface area contributed by atoms with E-state index in [0.717, 1.165) is 35.3 Å². The first-order chi connectivity index (χ1) is 15.0. The number of aromatic nitrogens is 2. The van der Waals surface area contributed by atoms with Gasteiger partial charge in [-0.3, -0.25) is 19.3 Å². The number of hydrogen-bond acceptors (Lipinski definition) is 4. The third-order valence-corrected chi connectivity index (χ3v) is 5.85. The molecule has 0 aliphatic carbocycles. The Morgan fingerprint density at radius 3 is 2.65 bits per heavy atom. The Labute approximate surface area is 180 Å². The molecule has 7 nitrogen and oxygen atoms in total. The van der Waals surface area contributed by atoms with Crippen LogP contribution in [0.4, 0.5) is 0 Å². The minimum absolute atomic E-state index is 0.104. The summed E-state index contributed by atoms with van der Waals surface area (Å²) in [6.45, 7) is 2.41. The second kappa shape index (κ2) is 8.71. The van der Waals surface area contributed by atoms with E-state index in [1.54, 1.807) is 6.92 Å². The number of nitrogens with zero attached hydrogens (tertiary/aromatic N) is 2. The first-order valence-corrected chi connectivity index (χ1v) is 10.6. The Hall–Kier alpha value is -3.48. The Morgan fingerprint density at radius 1 is 1.13 bits per heavy atom. The standard InChI is InChI=1S/C24H26N4O3/c1-24(17-8-3-2-4-9-17)16-22(30)28(23(24)31)15-13-21(29)25-14-7-12-20-26-18-10-5-6-11-19(18)27-20/h2-6,8-11H,7,12-16H2,1H3,(H,25,29)(H,26,27). The van der Waals surface area contributed by atoms with Crippen molar-refractivity contribution >= 4 is 28.8 Å². The van der Waals surface area contributed by atoms with Gasteiger partial charge in [-0.2, -0.15) is 0 Å². The van der Waals surface area contributed by atoms with Crippen LogP contribution in [0.1, 0.15) is 37.6 Å². The Morgan fingerprint density at radius 2 is 1.87 bits per heavy atom. The molecule has 160 valence electrons. The summed E-state index contributed by atoms with van der Waals surface area (Å²) in [7, 11) is 0. The van der Waals surface area contributed by atoms with Crippen LogP contribution in [0, 0.1) is 0 Å². The normalized spacial score (nSPS) is 18.7. The molecule has 1 saturated heterocycles. The first-order valence-electron chi connectivity index (χ1n) is 10.6. The van der Waals surface area contributed by atoms with Gasteiger partial charge in [-0.25, -0.2) is 4.98 Å². The summed E-state index contributed by atoms with van der Waals surface area (Å²) in [6.07, 6.45) is 1.72. The zero-order chi connectivity index (χ0) is 21.8. The fourth-order valence-corrected chi connectivity index (χ4v) is 4.05. The number of amides is 3. The van der Waals surface area contributed by atoms with Gasteiger partial charge in [0.1, 0.15) is 5.82 Å². The quantitative estimate of drug-likeness (QED) is 0.434. The van der Waals surface area contributed by atoms with Gasteiger partial charge in [-0.15, -0.1) is 0 Å². The van der Waals surface area contributed by atoms with E-state index in [-0.39, 0.29) is 37.1 Å². The largest absolute Gasteiger partial charge is 0.356 e. The van der Waals surface area contributed by atoms with Gasteiger partial charge in [-0.05, 0) is 31.0 Å². The van der Waals surface area contributed by atoms with Crippen LogP contribution >= 0.6 is 0 Å². The molecule has 1 aliphatic rings. The number of imidazole rings is 1. The van der Waals surface area contributed by atoms with Gasteiger partial charge >= 0.3 is 0 Å². The lowest BCUT2D eigenvalue weighted by atomic mass is 9.81. The van der Waals surface area contributed by atoms with Crippen LogP contribution in [-0.2, 0) is 26.2 Å². The Kier molecular flexibility index (Phi) is 5.84. The molecule has 4 rings (SSSR count). The van der Waals surface area contributed by atoms with Gasteiger partial charge in [0.25, 0.3) is 0 Å². The van der Waals surface area contributed by atoms with E-state index in [2.05, 4.69) is 15.3 Å². The maximum Gasteiger partial charge on any atom is 0.240 e. The van der Waals surface area contributed by atoms with Crippen LogP contribution in [0.3, 0.4) is 0 Å². The molecule has 2 heterocycles.